The van der Waals surface area contributed by atoms with Gasteiger partial charge in [0.25, 0.3) is 0 Å². The molecule has 0 fully saturated rings. The Balaban J connectivity index is 3.33. The molecule has 1 nitrogen and oxygen atoms in total. The normalized spacial score (nSPS) is 9.92. The van der Waals surface area contributed by atoms with Gasteiger partial charge in [-0.25, -0.2) is 0 Å². The van der Waals surface area contributed by atoms with E-state index < -0.39 is 0 Å². The summed E-state index contributed by atoms with van der Waals surface area (Å²) in [5, 5.41) is 0. The highest BCUT2D eigenvalue weighted by atomic mass is 14.6. The third-order valence-corrected chi connectivity index (χ3v) is 2.13. The van der Waals surface area contributed by atoms with Gasteiger partial charge in [0.2, 0.25) is 0 Å². The Morgan fingerprint density at radius 2 is 1.75 bits per heavy atom. The number of hydrogen-bond acceptors (Lipinski definition) is 1. The molecule has 64 valence electrons. The fourth-order valence-electron chi connectivity index (χ4n) is 1.21. The van der Waals surface area contributed by atoms with Crippen molar-refractivity contribution in [1.29, 1.82) is 0 Å². The maximum absolute atomic E-state index is 5.83. The molecule has 1 heteroatoms. The molecule has 0 atom stereocenters. The average Bonchev–Trinajstić information content (AvgIpc) is 1.96. The maximum Gasteiger partial charge on any atom is 0.0392 e. The lowest BCUT2D eigenvalue weighted by molar-refractivity contribution is 1.33. The Bertz CT molecular complexity index is 324. The lowest BCUT2D eigenvalue weighted by atomic mass is 10.0. The van der Waals surface area contributed by atoms with E-state index in [0.717, 1.165) is 16.8 Å². The van der Waals surface area contributed by atoms with Gasteiger partial charge >= 0.3 is 0 Å². The van der Waals surface area contributed by atoms with E-state index in [2.05, 4.69) is 26.5 Å². The summed E-state index contributed by atoms with van der Waals surface area (Å²) in [5.74, 6) is 0. The number of anilines is 1. The third-order valence-electron chi connectivity index (χ3n) is 2.13. The van der Waals surface area contributed by atoms with Crippen LogP contribution in [0.4, 0.5) is 5.69 Å². The Hall–Kier alpha value is -1.24. The third kappa shape index (κ3) is 1.50. The van der Waals surface area contributed by atoms with Gasteiger partial charge in [-0.1, -0.05) is 6.58 Å². The molecule has 1 aromatic rings. The zero-order valence-corrected chi connectivity index (χ0v) is 7.94. The van der Waals surface area contributed by atoms with E-state index in [-0.39, 0.29) is 0 Å². The molecular weight excluding hydrogens is 146 g/mol. The molecule has 0 bridgehead atoms. The topological polar surface area (TPSA) is 26.0 Å². The highest BCUT2D eigenvalue weighted by Crippen LogP contribution is 2.23. The zero-order valence-electron chi connectivity index (χ0n) is 7.94. The van der Waals surface area contributed by atoms with Crippen molar-refractivity contribution in [2.24, 2.45) is 0 Å². The summed E-state index contributed by atoms with van der Waals surface area (Å²) in [5.41, 5.74) is 11.2. The van der Waals surface area contributed by atoms with E-state index in [9.17, 15) is 0 Å². The van der Waals surface area contributed by atoms with Crippen LogP contribution in [0.1, 0.15) is 23.6 Å². The molecule has 0 saturated carbocycles. The van der Waals surface area contributed by atoms with Crippen molar-refractivity contribution in [3.05, 3.63) is 35.4 Å². The van der Waals surface area contributed by atoms with Crippen LogP contribution >= 0.6 is 0 Å². The lowest BCUT2D eigenvalue weighted by Crippen LogP contribution is -1.94. The number of rotatable bonds is 1. The summed E-state index contributed by atoms with van der Waals surface area (Å²) in [6, 6.07) is 4.09. The van der Waals surface area contributed by atoms with Crippen molar-refractivity contribution in [2.75, 3.05) is 5.73 Å². The molecule has 0 radical (unpaired) electrons. The van der Waals surface area contributed by atoms with Crippen molar-refractivity contribution >= 4 is 11.3 Å². The number of nitrogen functional groups attached to an aromatic ring is 1. The Morgan fingerprint density at radius 1 is 1.25 bits per heavy atom. The predicted octanol–water partition coefficient (Wildman–Crippen LogP) is 2.92. The molecule has 1 rings (SSSR count). The molecule has 0 saturated heterocycles. The quantitative estimate of drug-likeness (QED) is 0.630. The van der Waals surface area contributed by atoms with E-state index in [4.69, 9.17) is 5.73 Å². The monoisotopic (exact) mass is 161 g/mol. The summed E-state index contributed by atoms with van der Waals surface area (Å²) in [6.45, 7) is 10.00. The number of hydrogen-bond donors (Lipinski definition) is 1. The minimum atomic E-state index is 0.825. The minimum Gasteiger partial charge on any atom is -0.398 e. The van der Waals surface area contributed by atoms with Crippen LogP contribution in [-0.4, -0.2) is 0 Å². The van der Waals surface area contributed by atoms with Gasteiger partial charge in [-0.15, -0.1) is 0 Å². The van der Waals surface area contributed by atoms with Gasteiger partial charge in [0.15, 0.2) is 0 Å². The maximum atomic E-state index is 5.83. The molecule has 0 aliphatic heterocycles. The highest BCUT2D eigenvalue weighted by molar-refractivity contribution is 5.73. The number of aryl methyl sites for hydroxylation is 2. The second kappa shape index (κ2) is 3.02. The lowest BCUT2D eigenvalue weighted by Gasteiger charge is -2.08. The van der Waals surface area contributed by atoms with E-state index in [1.807, 2.05) is 13.0 Å². The second-order valence-electron chi connectivity index (χ2n) is 3.30. The molecule has 0 aliphatic rings. The van der Waals surface area contributed by atoms with Crippen LogP contribution in [0.3, 0.4) is 0 Å². The average molecular weight is 161 g/mol. The van der Waals surface area contributed by atoms with Crippen LogP contribution in [-0.2, 0) is 0 Å². The van der Waals surface area contributed by atoms with Crippen LogP contribution in [0, 0.1) is 13.8 Å². The molecule has 2 N–H and O–H groups in total. The van der Waals surface area contributed by atoms with Crippen molar-refractivity contribution in [3.63, 3.8) is 0 Å². The first-order chi connectivity index (χ1) is 5.52. The molecule has 0 spiro atoms. The summed E-state index contributed by atoms with van der Waals surface area (Å²) >= 11 is 0. The zero-order chi connectivity index (χ0) is 9.30. The van der Waals surface area contributed by atoms with E-state index in [1.165, 1.54) is 11.1 Å². The molecule has 0 unspecified atom stereocenters. The molecule has 0 aliphatic carbocycles. The first kappa shape index (κ1) is 8.85. The Morgan fingerprint density at radius 3 is 2.25 bits per heavy atom. The molecule has 12 heavy (non-hydrogen) atoms. The van der Waals surface area contributed by atoms with Crippen LogP contribution in [0.5, 0.6) is 0 Å². The van der Waals surface area contributed by atoms with Gasteiger partial charge in [-0.2, -0.15) is 0 Å². The van der Waals surface area contributed by atoms with Crippen LogP contribution in [0.15, 0.2) is 18.7 Å². The van der Waals surface area contributed by atoms with Gasteiger partial charge in [0, 0.05) is 5.69 Å². The molecule has 0 amide bonds. The van der Waals surface area contributed by atoms with Gasteiger partial charge in [-0.3, -0.25) is 0 Å². The molecule has 0 aromatic heterocycles. The fraction of sp³-hybridized carbons (Fsp3) is 0.273. The van der Waals surface area contributed by atoms with Gasteiger partial charge < -0.3 is 5.73 Å². The van der Waals surface area contributed by atoms with E-state index in [1.54, 1.807) is 0 Å². The summed E-state index contributed by atoms with van der Waals surface area (Å²) < 4.78 is 0. The fourth-order valence-corrected chi connectivity index (χ4v) is 1.21. The first-order valence-electron chi connectivity index (χ1n) is 4.05. The smallest absolute Gasteiger partial charge is 0.0392 e. The van der Waals surface area contributed by atoms with Gasteiger partial charge in [0.1, 0.15) is 0 Å². The highest BCUT2D eigenvalue weighted by Gasteiger charge is 2.01. The van der Waals surface area contributed by atoms with Crippen LogP contribution in [0.25, 0.3) is 5.57 Å². The Labute approximate surface area is 73.9 Å². The van der Waals surface area contributed by atoms with E-state index >= 15 is 0 Å². The summed E-state index contributed by atoms with van der Waals surface area (Å²) in [7, 11) is 0. The predicted molar refractivity (Wildman–Crippen MR) is 55.0 cm³/mol. The van der Waals surface area contributed by atoms with Crippen molar-refractivity contribution in [2.45, 2.75) is 20.8 Å². The number of benzene rings is 1. The van der Waals surface area contributed by atoms with Gasteiger partial charge in [0.05, 0.1) is 0 Å². The summed E-state index contributed by atoms with van der Waals surface area (Å²) in [6.07, 6.45) is 0. The van der Waals surface area contributed by atoms with Crippen molar-refractivity contribution in [3.8, 4) is 0 Å². The SMILES string of the molecule is C=C(C)c1cc(C)c(C)cc1N. The van der Waals surface area contributed by atoms with Crippen LogP contribution in [0.2, 0.25) is 0 Å². The largest absolute Gasteiger partial charge is 0.398 e. The summed E-state index contributed by atoms with van der Waals surface area (Å²) in [4.78, 5) is 0. The second-order valence-corrected chi connectivity index (χ2v) is 3.30. The molecular formula is C11H15N. The molecule has 1 aromatic carbocycles. The van der Waals surface area contributed by atoms with E-state index in [0.29, 0.717) is 0 Å². The molecule has 0 heterocycles. The van der Waals surface area contributed by atoms with Crippen molar-refractivity contribution in [1.82, 2.24) is 0 Å². The Kier molecular flexibility index (Phi) is 2.22. The standard InChI is InChI=1S/C11H15N/c1-7(2)10-5-8(3)9(4)6-11(10)12/h5-6H,1,12H2,2-4H3. The number of allylic oxidation sites excluding steroid dienone is 1. The minimum absolute atomic E-state index is 0.825. The first-order valence-corrected chi connectivity index (χ1v) is 4.05. The number of nitrogens with two attached hydrogens (primary N) is 1. The van der Waals surface area contributed by atoms with Crippen LogP contribution < -0.4 is 5.73 Å². The van der Waals surface area contributed by atoms with Crippen molar-refractivity contribution < 1.29 is 0 Å². The van der Waals surface area contributed by atoms with Gasteiger partial charge in [-0.05, 0) is 55.2 Å².